The molecule has 0 spiro atoms. The van der Waals surface area contributed by atoms with Crippen molar-refractivity contribution in [1.82, 2.24) is 0 Å². The van der Waals surface area contributed by atoms with E-state index in [9.17, 15) is 18.7 Å². The van der Waals surface area contributed by atoms with E-state index in [4.69, 9.17) is 0 Å². The van der Waals surface area contributed by atoms with Crippen LogP contribution < -0.4 is 0 Å². The Balaban J connectivity index is 2.35. The summed E-state index contributed by atoms with van der Waals surface area (Å²) in [5.41, 5.74) is 2.06. The van der Waals surface area contributed by atoms with E-state index in [0.29, 0.717) is 42.4 Å². The largest absolute Gasteiger partial charge is 0.503 e. The van der Waals surface area contributed by atoms with Crippen molar-refractivity contribution in [2.75, 3.05) is 0 Å². The molecule has 3 rings (SSSR count). The number of fused-ring (bicyclic) bond motifs is 3. The molecule has 1 atom stereocenters. The second kappa shape index (κ2) is 4.65. The SMILES string of the molecule is CCC1=C2c3cc(F)c(O)c(F)c3CC2(CC)CCC1=O. The minimum Gasteiger partial charge on any atom is -0.503 e. The van der Waals surface area contributed by atoms with E-state index in [0.717, 1.165) is 12.0 Å². The van der Waals surface area contributed by atoms with Gasteiger partial charge in [0.05, 0.1) is 0 Å². The summed E-state index contributed by atoms with van der Waals surface area (Å²) >= 11 is 0. The van der Waals surface area contributed by atoms with Gasteiger partial charge < -0.3 is 5.11 Å². The Morgan fingerprint density at radius 3 is 2.67 bits per heavy atom. The molecule has 2 aliphatic carbocycles. The van der Waals surface area contributed by atoms with Gasteiger partial charge in [-0.15, -0.1) is 0 Å². The first kappa shape index (κ1) is 14.2. The monoisotopic (exact) mass is 292 g/mol. The molecule has 1 N–H and O–H groups in total. The molecule has 0 radical (unpaired) electrons. The lowest BCUT2D eigenvalue weighted by Crippen LogP contribution is -2.28. The van der Waals surface area contributed by atoms with E-state index in [1.807, 2.05) is 13.8 Å². The normalized spacial score (nSPS) is 24.3. The van der Waals surface area contributed by atoms with Crippen molar-refractivity contribution in [1.29, 1.82) is 0 Å². The number of allylic oxidation sites excluding steroid dienone is 2. The number of Topliss-reactive ketones (excluding diaryl/α,β-unsaturated/α-hetero) is 1. The molecule has 4 heteroatoms. The van der Waals surface area contributed by atoms with Crippen LogP contribution >= 0.6 is 0 Å². The van der Waals surface area contributed by atoms with Gasteiger partial charge in [-0.2, -0.15) is 0 Å². The van der Waals surface area contributed by atoms with Crippen LogP contribution in [0.15, 0.2) is 11.6 Å². The van der Waals surface area contributed by atoms with Crippen molar-refractivity contribution < 1.29 is 18.7 Å². The van der Waals surface area contributed by atoms with Gasteiger partial charge >= 0.3 is 0 Å². The van der Waals surface area contributed by atoms with Crippen LogP contribution in [0.1, 0.15) is 50.7 Å². The first-order valence-corrected chi connectivity index (χ1v) is 7.42. The fourth-order valence-corrected chi connectivity index (χ4v) is 3.95. The number of phenolic OH excluding ortho intramolecular Hbond substituents is 1. The number of phenols is 1. The Bertz CT molecular complexity index is 676. The predicted octanol–water partition coefficient (Wildman–Crippen LogP) is 4.15. The molecule has 1 aromatic rings. The molecule has 2 nitrogen and oxygen atoms in total. The second-order valence-electron chi connectivity index (χ2n) is 5.99. The number of benzene rings is 1. The average Bonchev–Trinajstić information content (AvgIpc) is 2.81. The molecular weight excluding hydrogens is 274 g/mol. The summed E-state index contributed by atoms with van der Waals surface area (Å²) in [6, 6.07) is 1.19. The maximum Gasteiger partial charge on any atom is 0.188 e. The maximum atomic E-state index is 14.2. The highest BCUT2D eigenvalue weighted by Gasteiger charge is 2.47. The van der Waals surface area contributed by atoms with Gasteiger partial charge in [0.15, 0.2) is 23.2 Å². The summed E-state index contributed by atoms with van der Waals surface area (Å²) in [6.07, 6.45) is 2.90. The Morgan fingerprint density at radius 2 is 2.05 bits per heavy atom. The molecule has 0 fully saturated rings. The minimum atomic E-state index is -0.959. The number of carbonyl (C=O) groups is 1. The second-order valence-corrected chi connectivity index (χ2v) is 5.99. The van der Waals surface area contributed by atoms with Crippen LogP contribution in [0.4, 0.5) is 8.78 Å². The third-order valence-electron chi connectivity index (χ3n) is 5.11. The van der Waals surface area contributed by atoms with Gasteiger partial charge in [-0.05, 0) is 48.5 Å². The zero-order chi connectivity index (χ0) is 15.4. The van der Waals surface area contributed by atoms with Gasteiger partial charge in [-0.1, -0.05) is 13.8 Å². The number of hydrogen-bond donors (Lipinski definition) is 1. The highest BCUT2D eigenvalue weighted by molar-refractivity contribution is 6.06. The van der Waals surface area contributed by atoms with E-state index in [1.54, 1.807) is 0 Å². The zero-order valence-electron chi connectivity index (χ0n) is 12.2. The van der Waals surface area contributed by atoms with Crippen molar-refractivity contribution in [3.63, 3.8) is 0 Å². The Hall–Kier alpha value is -1.71. The fourth-order valence-electron chi connectivity index (χ4n) is 3.95. The molecular formula is C17H18F2O2. The van der Waals surface area contributed by atoms with Gasteiger partial charge in [0.25, 0.3) is 0 Å². The van der Waals surface area contributed by atoms with Crippen LogP contribution in [0.5, 0.6) is 5.75 Å². The first-order chi connectivity index (χ1) is 9.95. The quantitative estimate of drug-likeness (QED) is 0.889. The molecule has 0 bridgehead atoms. The number of carbonyl (C=O) groups excluding carboxylic acids is 1. The fraction of sp³-hybridized carbons (Fsp3) is 0.471. The number of rotatable bonds is 2. The van der Waals surface area contributed by atoms with Gasteiger partial charge in [0.2, 0.25) is 0 Å². The lowest BCUT2D eigenvalue weighted by Gasteiger charge is -2.35. The zero-order valence-corrected chi connectivity index (χ0v) is 12.2. The van der Waals surface area contributed by atoms with Gasteiger partial charge in [0.1, 0.15) is 0 Å². The summed E-state index contributed by atoms with van der Waals surface area (Å²) < 4.78 is 28.0. The molecule has 1 unspecified atom stereocenters. The maximum absolute atomic E-state index is 14.2. The van der Waals surface area contributed by atoms with E-state index >= 15 is 0 Å². The van der Waals surface area contributed by atoms with Crippen molar-refractivity contribution >= 4 is 11.4 Å². The minimum absolute atomic E-state index is 0.0818. The molecule has 1 aromatic carbocycles. The molecule has 112 valence electrons. The Kier molecular flexibility index (Phi) is 3.15. The van der Waals surface area contributed by atoms with E-state index in [2.05, 4.69) is 0 Å². The predicted molar refractivity (Wildman–Crippen MR) is 75.9 cm³/mol. The van der Waals surface area contributed by atoms with Crippen LogP contribution in [-0.4, -0.2) is 10.9 Å². The highest BCUT2D eigenvalue weighted by Crippen LogP contribution is 2.57. The molecule has 0 aliphatic heterocycles. The number of ketones is 1. The Morgan fingerprint density at radius 1 is 1.33 bits per heavy atom. The van der Waals surface area contributed by atoms with Crippen LogP contribution in [0.2, 0.25) is 0 Å². The third kappa shape index (κ3) is 1.78. The highest BCUT2D eigenvalue weighted by atomic mass is 19.1. The molecule has 0 aromatic heterocycles. The average molecular weight is 292 g/mol. The smallest absolute Gasteiger partial charge is 0.188 e. The number of aromatic hydroxyl groups is 1. The third-order valence-corrected chi connectivity index (χ3v) is 5.11. The lowest BCUT2D eigenvalue weighted by molar-refractivity contribution is -0.116. The summed E-state index contributed by atoms with van der Waals surface area (Å²) in [5, 5.41) is 9.50. The standard InChI is InChI=1S/C17H18F2O2/c1-3-9-13(20)5-6-17(4-2)8-11-10(14(9)17)7-12(18)16(21)15(11)19/h7,21H,3-6,8H2,1-2H3. The van der Waals surface area contributed by atoms with Crippen molar-refractivity contribution in [3.05, 3.63) is 34.4 Å². The van der Waals surface area contributed by atoms with E-state index in [1.165, 1.54) is 6.07 Å². The Labute approximate surface area is 122 Å². The summed E-state index contributed by atoms with van der Waals surface area (Å²) in [4.78, 5) is 12.2. The molecule has 2 aliphatic rings. The van der Waals surface area contributed by atoms with Crippen LogP contribution in [0, 0.1) is 17.0 Å². The summed E-state index contributed by atoms with van der Waals surface area (Å²) in [6.45, 7) is 3.92. The van der Waals surface area contributed by atoms with Gasteiger partial charge in [-0.25, -0.2) is 8.78 Å². The van der Waals surface area contributed by atoms with Gasteiger partial charge in [-0.3, -0.25) is 4.79 Å². The van der Waals surface area contributed by atoms with Crippen molar-refractivity contribution in [3.8, 4) is 5.75 Å². The topological polar surface area (TPSA) is 37.3 Å². The van der Waals surface area contributed by atoms with E-state index < -0.39 is 17.4 Å². The van der Waals surface area contributed by atoms with E-state index in [-0.39, 0.29) is 11.2 Å². The molecule has 0 amide bonds. The molecule has 0 saturated carbocycles. The molecule has 0 heterocycles. The van der Waals surface area contributed by atoms with Gasteiger partial charge in [0, 0.05) is 17.4 Å². The van der Waals surface area contributed by atoms with Crippen molar-refractivity contribution in [2.45, 2.75) is 46.0 Å². The van der Waals surface area contributed by atoms with Crippen molar-refractivity contribution in [2.24, 2.45) is 5.41 Å². The van der Waals surface area contributed by atoms with Crippen LogP contribution in [0.25, 0.3) is 5.57 Å². The van der Waals surface area contributed by atoms with Crippen LogP contribution in [-0.2, 0) is 11.2 Å². The lowest BCUT2D eigenvalue weighted by atomic mass is 9.68. The first-order valence-electron chi connectivity index (χ1n) is 7.42. The molecule has 21 heavy (non-hydrogen) atoms. The summed E-state index contributed by atoms with van der Waals surface area (Å²) in [5.74, 6) is -2.66. The number of halogens is 2. The molecule has 0 saturated heterocycles. The number of hydrogen-bond acceptors (Lipinski definition) is 2. The van der Waals surface area contributed by atoms with Crippen LogP contribution in [0.3, 0.4) is 0 Å². The summed E-state index contributed by atoms with van der Waals surface area (Å²) in [7, 11) is 0.